The third kappa shape index (κ3) is 2.60. The minimum absolute atomic E-state index is 0.0120. The molecule has 7 atom stereocenters. The zero-order chi connectivity index (χ0) is 16.9. The molecule has 2 saturated heterocycles. The lowest BCUT2D eigenvalue weighted by atomic mass is 9.53. The summed E-state index contributed by atoms with van der Waals surface area (Å²) in [5.41, 5.74) is 0.390. The normalized spacial score (nSPS) is 47.9. The fourth-order valence-corrected chi connectivity index (χ4v) is 5.94. The quantitative estimate of drug-likeness (QED) is 0.576. The SMILES string of the molecule is CC[C@@H](CO)[NH2+]C[C@@H]1C(=O)O[C@H]2C[C@]3(C)CCC[C@@]4(CO4)[C@@H]3C[C@@H]21. The van der Waals surface area contributed by atoms with Crippen molar-refractivity contribution in [2.45, 2.75) is 70.1 Å². The molecule has 0 bridgehead atoms. The van der Waals surface area contributed by atoms with Gasteiger partial charge in [0.2, 0.25) is 0 Å². The Labute approximate surface area is 144 Å². The average Bonchev–Trinajstić information content (AvgIpc) is 3.25. The van der Waals surface area contributed by atoms with E-state index in [0.29, 0.717) is 11.8 Å². The summed E-state index contributed by atoms with van der Waals surface area (Å²) < 4.78 is 11.8. The summed E-state index contributed by atoms with van der Waals surface area (Å²) in [7, 11) is 0. The van der Waals surface area contributed by atoms with E-state index in [9.17, 15) is 9.90 Å². The summed E-state index contributed by atoms with van der Waals surface area (Å²) in [4.78, 5) is 12.5. The van der Waals surface area contributed by atoms with E-state index in [1.807, 2.05) is 0 Å². The first kappa shape index (κ1) is 16.8. The molecule has 0 aromatic heterocycles. The predicted molar refractivity (Wildman–Crippen MR) is 88.2 cm³/mol. The fraction of sp³-hybridized carbons (Fsp3) is 0.947. The molecule has 4 rings (SSSR count). The van der Waals surface area contributed by atoms with E-state index in [1.165, 1.54) is 19.3 Å². The van der Waals surface area contributed by atoms with Crippen molar-refractivity contribution in [3.05, 3.63) is 0 Å². The van der Waals surface area contributed by atoms with Crippen molar-refractivity contribution in [1.29, 1.82) is 0 Å². The number of fused-ring (bicyclic) bond motifs is 3. The van der Waals surface area contributed by atoms with Gasteiger partial charge >= 0.3 is 5.97 Å². The zero-order valence-corrected chi connectivity index (χ0v) is 15.0. The van der Waals surface area contributed by atoms with Gasteiger partial charge in [-0.05, 0) is 49.9 Å². The predicted octanol–water partition coefficient (Wildman–Crippen LogP) is 0.848. The van der Waals surface area contributed by atoms with Gasteiger partial charge in [0.1, 0.15) is 18.1 Å². The number of carbonyl (C=O) groups excluding carboxylic acids is 1. The second-order valence-corrected chi connectivity index (χ2v) is 8.92. The highest BCUT2D eigenvalue weighted by Gasteiger charge is 2.65. The van der Waals surface area contributed by atoms with Crippen LogP contribution in [-0.2, 0) is 14.3 Å². The first-order chi connectivity index (χ1) is 11.5. The number of esters is 1. The summed E-state index contributed by atoms with van der Waals surface area (Å²) in [6, 6.07) is 0.193. The Kier molecular flexibility index (Phi) is 4.17. The minimum atomic E-state index is -0.0159. The lowest BCUT2D eigenvalue weighted by molar-refractivity contribution is -0.695. The maximum Gasteiger partial charge on any atom is 0.315 e. The minimum Gasteiger partial charge on any atom is -0.462 e. The summed E-state index contributed by atoms with van der Waals surface area (Å²) in [6.45, 7) is 6.30. The molecule has 5 heteroatoms. The number of hydrogen-bond acceptors (Lipinski definition) is 4. The van der Waals surface area contributed by atoms with Gasteiger partial charge in [-0.1, -0.05) is 13.8 Å². The van der Waals surface area contributed by atoms with Crippen LogP contribution in [0.15, 0.2) is 0 Å². The summed E-state index contributed by atoms with van der Waals surface area (Å²) in [6.07, 6.45) is 6.77. The Hall–Kier alpha value is -0.650. The van der Waals surface area contributed by atoms with Crippen molar-refractivity contribution in [3.8, 4) is 0 Å². The van der Waals surface area contributed by atoms with E-state index in [-0.39, 0.29) is 41.7 Å². The summed E-state index contributed by atoms with van der Waals surface area (Å²) >= 11 is 0. The molecular weight excluding hydrogens is 306 g/mol. The van der Waals surface area contributed by atoms with Crippen LogP contribution < -0.4 is 5.32 Å². The van der Waals surface area contributed by atoms with E-state index in [0.717, 1.165) is 32.4 Å². The van der Waals surface area contributed by atoms with Gasteiger partial charge < -0.3 is 19.9 Å². The second kappa shape index (κ2) is 5.96. The number of ether oxygens (including phenoxy) is 2. The maximum absolute atomic E-state index is 12.5. The van der Waals surface area contributed by atoms with Crippen LogP contribution in [0.2, 0.25) is 0 Å². The molecule has 0 amide bonds. The van der Waals surface area contributed by atoms with Crippen LogP contribution >= 0.6 is 0 Å². The Morgan fingerprint density at radius 2 is 2.21 bits per heavy atom. The van der Waals surface area contributed by atoms with E-state index in [1.54, 1.807) is 0 Å². The largest absolute Gasteiger partial charge is 0.462 e. The van der Waals surface area contributed by atoms with Crippen LogP contribution in [0.25, 0.3) is 0 Å². The molecule has 136 valence electrons. The highest BCUT2D eigenvalue weighted by molar-refractivity contribution is 5.75. The summed E-state index contributed by atoms with van der Waals surface area (Å²) in [5, 5.41) is 11.5. The van der Waals surface area contributed by atoms with E-state index in [2.05, 4.69) is 19.2 Å². The standard InChI is InChI=1S/C19H31NO4/c1-3-12(10-21)20-9-14-13-7-16-18(2,8-15(13)24-17(14)22)5-4-6-19(16)11-23-19/h12-16,20-21H,3-11H2,1-2H3/p+1/t12-,13+,14-,15-,16+,18-,19+/m0/s1. The van der Waals surface area contributed by atoms with Crippen LogP contribution in [0.1, 0.15) is 52.4 Å². The molecule has 3 N–H and O–H groups in total. The third-order valence-electron chi connectivity index (χ3n) is 7.56. The average molecular weight is 338 g/mol. The molecular formula is C19H32NO4+. The highest BCUT2D eigenvalue weighted by Crippen LogP contribution is 2.62. The third-order valence-corrected chi connectivity index (χ3v) is 7.56. The number of aliphatic hydroxyl groups excluding tert-OH is 1. The van der Waals surface area contributed by atoms with Gasteiger partial charge in [-0.15, -0.1) is 0 Å². The van der Waals surface area contributed by atoms with Gasteiger partial charge in [-0.2, -0.15) is 0 Å². The molecule has 0 aromatic carbocycles. The van der Waals surface area contributed by atoms with Crippen molar-refractivity contribution in [3.63, 3.8) is 0 Å². The molecule has 2 aliphatic heterocycles. The van der Waals surface area contributed by atoms with Crippen LogP contribution in [0.3, 0.4) is 0 Å². The fourth-order valence-electron chi connectivity index (χ4n) is 5.94. The molecule has 1 spiro atoms. The number of hydrogen-bond donors (Lipinski definition) is 2. The van der Waals surface area contributed by atoms with Crippen LogP contribution in [0.5, 0.6) is 0 Å². The monoisotopic (exact) mass is 338 g/mol. The van der Waals surface area contributed by atoms with Gasteiger partial charge in [-0.3, -0.25) is 4.79 Å². The van der Waals surface area contributed by atoms with E-state index in [4.69, 9.17) is 9.47 Å². The van der Waals surface area contributed by atoms with Crippen molar-refractivity contribution < 1.29 is 24.7 Å². The molecule has 24 heavy (non-hydrogen) atoms. The van der Waals surface area contributed by atoms with Crippen molar-refractivity contribution in [2.24, 2.45) is 23.2 Å². The van der Waals surface area contributed by atoms with Gasteiger partial charge in [0.15, 0.2) is 0 Å². The number of rotatable bonds is 5. The molecule has 0 unspecified atom stereocenters. The molecule has 5 nitrogen and oxygen atoms in total. The zero-order valence-electron chi connectivity index (χ0n) is 15.0. The Balaban J connectivity index is 1.49. The summed E-state index contributed by atoms with van der Waals surface area (Å²) in [5.74, 6) is 0.888. The number of quaternary nitrogens is 1. The van der Waals surface area contributed by atoms with Gasteiger partial charge in [0, 0.05) is 5.92 Å². The molecule has 4 aliphatic rings. The van der Waals surface area contributed by atoms with Crippen molar-refractivity contribution >= 4 is 5.97 Å². The molecule has 0 radical (unpaired) electrons. The molecule has 2 aliphatic carbocycles. The Morgan fingerprint density at radius 1 is 1.42 bits per heavy atom. The highest BCUT2D eigenvalue weighted by atomic mass is 16.6. The Bertz CT molecular complexity index is 502. The smallest absolute Gasteiger partial charge is 0.315 e. The number of aliphatic hydroxyl groups is 1. The van der Waals surface area contributed by atoms with Crippen LogP contribution in [0, 0.1) is 23.2 Å². The van der Waals surface area contributed by atoms with Crippen LogP contribution in [-0.4, -0.2) is 48.6 Å². The topological polar surface area (TPSA) is 75.7 Å². The number of carbonyl (C=O) groups is 1. The van der Waals surface area contributed by atoms with E-state index < -0.39 is 0 Å². The molecule has 2 heterocycles. The van der Waals surface area contributed by atoms with E-state index >= 15 is 0 Å². The number of epoxide rings is 1. The van der Waals surface area contributed by atoms with Crippen molar-refractivity contribution in [2.75, 3.05) is 19.8 Å². The lowest BCUT2D eigenvalue weighted by Gasteiger charge is -2.51. The van der Waals surface area contributed by atoms with Crippen molar-refractivity contribution in [1.82, 2.24) is 0 Å². The molecule has 4 fully saturated rings. The lowest BCUT2D eigenvalue weighted by Crippen LogP contribution is -2.92. The van der Waals surface area contributed by atoms with Crippen LogP contribution in [0.4, 0.5) is 0 Å². The number of nitrogens with two attached hydrogens (primary N) is 1. The van der Waals surface area contributed by atoms with Gasteiger partial charge in [0.05, 0.1) is 25.4 Å². The van der Waals surface area contributed by atoms with Gasteiger partial charge in [-0.25, -0.2) is 0 Å². The maximum atomic E-state index is 12.5. The first-order valence-corrected chi connectivity index (χ1v) is 9.80. The first-order valence-electron chi connectivity index (χ1n) is 9.80. The van der Waals surface area contributed by atoms with Gasteiger partial charge in [0.25, 0.3) is 0 Å². The Morgan fingerprint density at radius 3 is 2.88 bits per heavy atom. The molecule has 0 aromatic rings. The molecule has 2 saturated carbocycles. The second-order valence-electron chi connectivity index (χ2n) is 8.92.